The molecule has 0 saturated heterocycles. The van der Waals surface area contributed by atoms with Crippen LogP contribution in [0.2, 0.25) is 0 Å². The van der Waals surface area contributed by atoms with E-state index < -0.39 is 43.1 Å². The number of aliphatic carboxylic acids is 1. The lowest BCUT2D eigenvalue weighted by Gasteiger charge is -2.28. The maximum Gasteiger partial charge on any atom is 0.316 e. The van der Waals surface area contributed by atoms with E-state index in [1.807, 2.05) is 0 Å². The summed E-state index contributed by atoms with van der Waals surface area (Å²) in [4.78, 5) is 32.0. The molecule has 0 aliphatic heterocycles. The normalized spacial score (nSPS) is 18.7. The van der Waals surface area contributed by atoms with Crippen LogP contribution in [0.15, 0.2) is 0 Å². The van der Waals surface area contributed by atoms with E-state index in [0.29, 0.717) is 0 Å². The van der Waals surface area contributed by atoms with E-state index in [2.05, 4.69) is 5.32 Å². The molecule has 0 spiro atoms. The van der Waals surface area contributed by atoms with Crippen molar-refractivity contribution < 1.29 is 34.5 Å². The van der Waals surface area contributed by atoms with Gasteiger partial charge in [0, 0.05) is 13.2 Å². The smallest absolute Gasteiger partial charge is 0.316 e. The number of aliphatic hydroxyl groups excluding tert-OH is 1. The van der Waals surface area contributed by atoms with Crippen molar-refractivity contribution >= 4 is 19.2 Å². The first-order valence-corrected chi connectivity index (χ1v) is 8.53. The molecule has 124 valence electrons. The molecule has 0 radical (unpaired) electrons. The van der Waals surface area contributed by atoms with Crippen molar-refractivity contribution in [3.63, 3.8) is 0 Å². The van der Waals surface area contributed by atoms with Crippen molar-refractivity contribution in [3.05, 3.63) is 0 Å². The zero-order valence-electron chi connectivity index (χ0n) is 12.4. The predicted octanol–water partition coefficient (Wildman–Crippen LogP) is -0.285. The molecular formula is C11H23N2O7P. The summed E-state index contributed by atoms with van der Waals surface area (Å²) < 4.78 is 11.2. The van der Waals surface area contributed by atoms with Crippen LogP contribution in [0.4, 0.5) is 0 Å². The maximum atomic E-state index is 11.9. The number of aliphatic hydroxyl groups is 1. The lowest BCUT2D eigenvalue weighted by molar-refractivity contribution is -0.187. The molecule has 0 bridgehead atoms. The van der Waals surface area contributed by atoms with Gasteiger partial charge >= 0.3 is 5.97 Å². The third-order valence-corrected chi connectivity index (χ3v) is 4.23. The van der Waals surface area contributed by atoms with Crippen LogP contribution in [0.25, 0.3) is 0 Å². The molecule has 0 aromatic heterocycles. The molecule has 0 rings (SSSR count). The summed E-state index contributed by atoms with van der Waals surface area (Å²) in [7, 11) is -3.70. The lowest BCUT2D eigenvalue weighted by atomic mass is 9.95. The number of hydroxylamine groups is 2. The molecule has 0 aromatic rings. The SMILES string of the molecule is CC(C)C(C(=O)O)C(=O)N(O)C(C)NCC(O)P(C)(=O)O. The fourth-order valence-electron chi connectivity index (χ4n) is 1.54. The number of carboxylic acid groups (broad SMARTS) is 1. The van der Waals surface area contributed by atoms with E-state index in [0.717, 1.165) is 6.66 Å². The Morgan fingerprint density at radius 1 is 1.29 bits per heavy atom. The first-order chi connectivity index (χ1) is 9.39. The van der Waals surface area contributed by atoms with Gasteiger partial charge in [-0.25, -0.2) is 5.06 Å². The number of nitrogens with one attached hydrogen (secondary N) is 1. The van der Waals surface area contributed by atoms with Gasteiger partial charge in [0.15, 0.2) is 0 Å². The molecule has 10 heteroatoms. The number of carbonyl (C=O) groups excluding carboxylic acids is 1. The number of carboxylic acids is 1. The monoisotopic (exact) mass is 326 g/mol. The number of hydrogen-bond donors (Lipinski definition) is 5. The van der Waals surface area contributed by atoms with E-state index in [-0.39, 0.29) is 11.6 Å². The molecule has 4 unspecified atom stereocenters. The molecule has 0 heterocycles. The Kier molecular flexibility index (Phi) is 7.49. The zero-order valence-corrected chi connectivity index (χ0v) is 13.3. The second-order valence-electron chi connectivity index (χ2n) is 5.25. The molecule has 4 atom stereocenters. The third kappa shape index (κ3) is 6.11. The Hall–Kier alpha value is -0.990. The van der Waals surface area contributed by atoms with Gasteiger partial charge < -0.3 is 15.1 Å². The average Bonchev–Trinajstić information content (AvgIpc) is 2.32. The highest BCUT2D eigenvalue weighted by atomic mass is 31.2. The van der Waals surface area contributed by atoms with Crippen LogP contribution in [0.1, 0.15) is 20.8 Å². The van der Waals surface area contributed by atoms with Crippen LogP contribution >= 0.6 is 7.37 Å². The van der Waals surface area contributed by atoms with Crippen LogP contribution in [-0.4, -0.2) is 62.5 Å². The number of rotatable bonds is 8. The molecule has 1 amide bonds. The zero-order chi connectivity index (χ0) is 17.0. The summed E-state index contributed by atoms with van der Waals surface area (Å²) in [5.41, 5.74) is 0. The van der Waals surface area contributed by atoms with Crippen molar-refractivity contribution in [2.75, 3.05) is 13.2 Å². The summed E-state index contributed by atoms with van der Waals surface area (Å²) >= 11 is 0. The minimum atomic E-state index is -3.70. The van der Waals surface area contributed by atoms with E-state index in [4.69, 9.17) is 10.00 Å². The molecule has 0 fully saturated rings. The summed E-state index contributed by atoms with van der Waals surface area (Å²) in [6.45, 7) is 5.05. The molecular weight excluding hydrogens is 303 g/mol. The summed E-state index contributed by atoms with van der Waals surface area (Å²) in [5.74, 6) is -5.83. The first kappa shape index (κ1) is 20.0. The first-order valence-electron chi connectivity index (χ1n) is 6.35. The summed E-state index contributed by atoms with van der Waals surface area (Å²) in [6, 6.07) is 0. The van der Waals surface area contributed by atoms with Gasteiger partial charge in [0.25, 0.3) is 5.91 Å². The second-order valence-corrected chi connectivity index (χ2v) is 7.73. The van der Waals surface area contributed by atoms with Crippen molar-refractivity contribution in [1.29, 1.82) is 0 Å². The van der Waals surface area contributed by atoms with Gasteiger partial charge in [-0.3, -0.25) is 24.7 Å². The minimum Gasteiger partial charge on any atom is -0.481 e. The van der Waals surface area contributed by atoms with E-state index in [9.17, 15) is 24.5 Å². The van der Waals surface area contributed by atoms with Gasteiger partial charge in [-0.05, 0) is 12.8 Å². The van der Waals surface area contributed by atoms with Crippen LogP contribution in [0, 0.1) is 11.8 Å². The van der Waals surface area contributed by atoms with Crippen molar-refractivity contribution in [1.82, 2.24) is 10.4 Å². The van der Waals surface area contributed by atoms with Crippen LogP contribution in [0.5, 0.6) is 0 Å². The van der Waals surface area contributed by atoms with Crippen LogP contribution in [0.3, 0.4) is 0 Å². The molecule has 21 heavy (non-hydrogen) atoms. The Morgan fingerprint density at radius 3 is 2.10 bits per heavy atom. The number of nitrogens with zero attached hydrogens (tertiary/aromatic N) is 1. The highest BCUT2D eigenvalue weighted by Crippen LogP contribution is 2.39. The molecule has 9 nitrogen and oxygen atoms in total. The number of amides is 1. The quantitative estimate of drug-likeness (QED) is 0.134. The van der Waals surface area contributed by atoms with Crippen LogP contribution < -0.4 is 5.32 Å². The highest BCUT2D eigenvalue weighted by Gasteiger charge is 2.35. The van der Waals surface area contributed by atoms with Crippen molar-refractivity contribution in [2.24, 2.45) is 11.8 Å². The van der Waals surface area contributed by atoms with E-state index >= 15 is 0 Å². The maximum absolute atomic E-state index is 11.9. The van der Waals surface area contributed by atoms with Gasteiger partial charge in [-0.15, -0.1) is 0 Å². The summed E-state index contributed by atoms with van der Waals surface area (Å²) in [6.07, 6.45) is -1.03. The Bertz CT molecular complexity index is 423. The van der Waals surface area contributed by atoms with Gasteiger partial charge in [0.05, 0.1) is 0 Å². The van der Waals surface area contributed by atoms with Crippen molar-refractivity contribution in [2.45, 2.75) is 32.8 Å². The molecule has 0 saturated carbocycles. The number of hydrogen-bond acceptors (Lipinski definition) is 6. The minimum absolute atomic E-state index is 0.212. The Balaban J connectivity index is 4.70. The van der Waals surface area contributed by atoms with E-state index in [1.54, 1.807) is 0 Å². The third-order valence-electron chi connectivity index (χ3n) is 2.94. The molecule has 0 aliphatic carbocycles. The number of carbonyl (C=O) groups is 2. The van der Waals surface area contributed by atoms with Gasteiger partial charge in [0.1, 0.15) is 17.9 Å². The average molecular weight is 326 g/mol. The summed E-state index contributed by atoms with van der Waals surface area (Å²) in [5, 5.41) is 30.8. The second kappa shape index (κ2) is 7.86. The largest absolute Gasteiger partial charge is 0.481 e. The van der Waals surface area contributed by atoms with Gasteiger partial charge in [-0.2, -0.15) is 0 Å². The van der Waals surface area contributed by atoms with Gasteiger partial charge in [0.2, 0.25) is 7.37 Å². The molecule has 5 N–H and O–H groups in total. The van der Waals surface area contributed by atoms with Crippen molar-refractivity contribution in [3.8, 4) is 0 Å². The lowest BCUT2D eigenvalue weighted by Crippen LogP contribution is -2.51. The highest BCUT2D eigenvalue weighted by molar-refractivity contribution is 7.57. The fraction of sp³-hybridized carbons (Fsp3) is 0.818. The predicted molar refractivity (Wildman–Crippen MR) is 73.8 cm³/mol. The Labute approximate surface area is 123 Å². The molecule has 0 aromatic carbocycles. The van der Waals surface area contributed by atoms with Crippen LogP contribution in [-0.2, 0) is 14.2 Å². The standard InChI is InChI=1S/C11H23N2O7P/c1-6(2)9(11(16)17)10(15)13(18)7(3)12-5-8(14)21(4,19)20/h6-9,12,14,18H,5H2,1-4H3,(H,16,17)(H,19,20). The Morgan fingerprint density at radius 2 is 1.76 bits per heavy atom. The van der Waals surface area contributed by atoms with E-state index in [1.165, 1.54) is 20.8 Å². The molecule has 0 aliphatic rings. The topological polar surface area (TPSA) is 147 Å². The fourth-order valence-corrected chi connectivity index (χ4v) is 1.99. The van der Waals surface area contributed by atoms with Gasteiger partial charge in [-0.1, -0.05) is 13.8 Å².